The monoisotopic (exact) mass is 223 g/mol. The van der Waals surface area contributed by atoms with Gasteiger partial charge in [0.1, 0.15) is 0 Å². The van der Waals surface area contributed by atoms with E-state index < -0.39 is 9.84 Å². The van der Waals surface area contributed by atoms with Gasteiger partial charge in [-0.25, -0.2) is 8.42 Å². The number of nitrogens with one attached hydrogen (secondary N) is 1. The van der Waals surface area contributed by atoms with E-state index in [-0.39, 0.29) is 11.2 Å². The van der Waals surface area contributed by atoms with Gasteiger partial charge in [0, 0.05) is 26.5 Å². The van der Waals surface area contributed by atoms with E-state index in [4.69, 9.17) is 4.74 Å². The summed E-state index contributed by atoms with van der Waals surface area (Å²) in [7, 11) is -1.33. The molecule has 0 aliphatic carbocycles. The van der Waals surface area contributed by atoms with Crippen molar-refractivity contribution in [1.29, 1.82) is 0 Å². The van der Waals surface area contributed by atoms with E-state index >= 15 is 0 Å². The Labute approximate surface area is 86.9 Å². The summed E-state index contributed by atoms with van der Waals surface area (Å²) in [6.45, 7) is 5.64. The first-order valence-corrected chi connectivity index (χ1v) is 6.73. The molecule has 5 heteroatoms. The SMILES string of the molecule is COCCNCC(C(C)C)S(C)(=O)=O. The average Bonchev–Trinajstić information content (AvgIpc) is 2.01. The van der Waals surface area contributed by atoms with Gasteiger partial charge in [-0.3, -0.25) is 0 Å². The zero-order chi connectivity index (χ0) is 11.2. The molecule has 1 N–H and O–H groups in total. The van der Waals surface area contributed by atoms with Gasteiger partial charge in [-0.05, 0) is 5.92 Å². The lowest BCUT2D eigenvalue weighted by Gasteiger charge is -2.19. The van der Waals surface area contributed by atoms with Gasteiger partial charge < -0.3 is 10.1 Å². The van der Waals surface area contributed by atoms with E-state index in [1.807, 2.05) is 13.8 Å². The standard InChI is InChI=1S/C9H21NO3S/c1-8(2)9(14(4,11)12)7-10-5-6-13-3/h8-10H,5-7H2,1-4H3. The fourth-order valence-electron chi connectivity index (χ4n) is 1.30. The molecule has 0 amide bonds. The maximum absolute atomic E-state index is 11.4. The molecule has 0 saturated carbocycles. The summed E-state index contributed by atoms with van der Waals surface area (Å²) in [6.07, 6.45) is 1.29. The van der Waals surface area contributed by atoms with Gasteiger partial charge in [-0.15, -0.1) is 0 Å². The molecule has 0 radical (unpaired) electrons. The molecule has 0 aromatic carbocycles. The van der Waals surface area contributed by atoms with Crippen LogP contribution in [0.3, 0.4) is 0 Å². The maximum atomic E-state index is 11.4. The van der Waals surface area contributed by atoms with E-state index in [2.05, 4.69) is 5.32 Å². The third-order valence-electron chi connectivity index (χ3n) is 2.12. The molecule has 14 heavy (non-hydrogen) atoms. The molecular weight excluding hydrogens is 202 g/mol. The molecular formula is C9H21NO3S. The van der Waals surface area contributed by atoms with Gasteiger partial charge in [0.15, 0.2) is 9.84 Å². The second-order valence-electron chi connectivity index (χ2n) is 3.81. The van der Waals surface area contributed by atoms with Crippen molar-refractivity contribution in [2.75, 3.05) is 33.1 Å². The van der Waals surface area contributed by atoms with Crippen molar-refractivity contribution in [3.8, 4) is 0 Å². The molecule has 1 atom stereocenters. The second kappa shape index (κ2) is 6.37. The van der Waals surface area contributed by atoms with E-state index in [1.54, 1.807) is 7.11 Å². The Hall–Kier alpha value is -0.130. The number of sulfone groups is 1. The van der Waals surface area contributed by atoms with E-state index in [1.165, 1.54) is 6.26 Å². The normalized spacial score (nSPS) is 14.6. The number of rotatable bonds is 7. The van der Waals surface area contributed by atoms with Crippen LogP contribution in [0.2, 0.25) is 0 Å². The Balaban J connectivity index is 4.01. The number of hydrogen-bond acceptors (Lipinski definition) is 4. The molecule has 1 unspecified atom stereocenters. The van der Waals surface area contributed by atoms with Crippen molar-refractivity contribution in [2.24, 2.45) is 5.92 Å². The van der Waals surface area contributed by atoms with Crippen LogP contribution in [0.25, 0.3) is 0 Å². The minimum Gasteiger partial charge on any atom is -0.383 e. The Morgan fingerprint density at radius 2 is 1.93 bits per heavy atom. The van der Waals surface area contributed by atoms with Crippen molar-refractivity contribution in [3.63, 3.8) is 0 Å². The largest absolute Gasteiger partial charge is 0.383 e. The van der Waals surface area contributed by atoms with Crippen LogP contribution in [-0.4, -0.2) is 46.7 Å². The smallest absolute Gasteiger partial charge is 0.151 e. The lowest BCUT2D eigenvalue weighted by Crippen LogP contribution is -2.37. The molecule has 0 bridgehead atoms. The number of ether oxygens (including phenoxy) is 1. The molecule has 0 aromatic heterocycles. The summed E-state index contributed by atoms with van der Waals surface area (Å²) in [6, 6.07) is 0. The average molecular weight is 223 g/mol. The van der Waals surface area contributed by atoms with Crippen LogP contribution < -0.4 is 5.32 Å². The summed E-state index contributed by atoms with van der Waals surface area (Å²) in [5, 5.41) is 2.76. The van der Waals surface area contributed by atoms with E-state index in [0.717, 1.165) is 0 Å². The number of hydrogen-bond donors (Lipinski definition) is 1. The van der Waals surface area contributed by atoms with Crippen LogP contribution >= 0.6 is 0 Å². The Kier molecular flexibility index (Phi) is 6.31. The zero-order valence-electron chi connectivity index (χ0n) is 9.41. The van der Waals surface area contributed by atoms with E-state index in [9.17, 15) is 8.42 Å². The molecule has 0 aromatic rings. The topological polar surface area (TPSA) is 55.4 Å². The Morgan fingerprint density at radius 1 is 1.36 bits per heavy atom. The summed E-state index contributed by atoms with van der Waals surface area (Å²) < 4.78 is 27.6. The fourth-order valence-corrected chi connectivity index (χ4v) is 2.71. The first-order chi connectivity index (χ1) is 6.39. The predicted octanol–water partition coefficient (Wildman–Crippen LogP) is 0.292. The van der Waals surface area contributed by atoms with Crippen molar-refractivity contribution in [2.45, 2.75) is 19.1 Å². The third kappa shape index (κ3) is 5.57. The summed E-state index contributed by atoms with van der Waals surface area (Å²) in [5.41, 5.74) is 0. The second-order valence-corrected chi connectivity index (χ2v) is 6.07. The predicted molar refractivity (Wildman–Crippen MR) is 58.2 cm³/mol. The Bertz CT molecular complexity index is 236. The van der Waals surface area contributed by atoms with Crippen LogP contribution in [0.15, 0.2) is 0 Å². The summed E-state index contributed by atoms with van der Waals surface area (Å²) in [5.74, 6) is 0.139. The highest BCUT2D eigenvalue weighted by Crippen LogP contribution is 2.09. The van der Waals surface area contributed by atoms with Crippen LogP contribution in [0.1, 0.15) is 13.8 Å². The van der Waals surface area contributed by atoms with Gasteiger partial charge in [-0.2, -0.15) is 0 Å². The van der Waals surface area contributed by atoms with Crippen LogP contribution in [0.5, 0.6) is 0 Å². The van der Waals surface area contributed by atoms with Crippen molar-refractivity contribution >= 4 is 9.84 Å². The van der Waals surface area contributed by atoms with Crippen molar-refractivity contribution in [1.82, 2.24) is 5.32 Å². The Morgan fingerprint density at radius 3 is 2.29 bits per heavy atom. The molecule has 86 valence electrons. The van der Waals surface area contributed by atoms with Gasteiger partial charge >= 0.3 is 0 Å². The van der Waals surface area contributed by atoms with Crippen LogP contribution in [0, 0.1) is 5.92 Å². The molecule has 0 spiro atoms. The highest BCUT2D eigenvalue weighted by atomic mass is 32.2. The fraction of sp³-hybridized carbons (Fsp3) is 1.00. The molecule has 0 fully saturated rings. The number of methoxy groups -OCH3 is 1. The molecule has 0 saturated heterocycles. The van der Waals surface area contributed by atoms with Gasteiger partial charge in [0.05, 0.1) is 11.9 Å². The summed E-state index contributed by atoms with van der Waals surface area (Å²) >= 11 is 0. The zero-order valence-corrected chi connectivity index (χ0v) is 10.2. The molecule has 0 heterocycles. The molecule has 0 aliphatic rings. The minimum absolute atomic E-state index is 0.139. The third-order valence-corrected chi connectivity index (χ3v) is 3.93. The quantitative estimate of drug-likeness (QED) is 0.630. The van der Waals surface area contributed by atoms with Gasteiger partial charge in [-0.1, -0.05) is 13.8 Å². The minimum atomic E-state index is -2.95. The van der Waals surface area contributed by atoms with Crippen molar-refractivity contribution in [3.05, 3.63) is 0 Å². The maximum Gasteiger partial charge on any atom is 0.151 e. The van der Waals surface area contributed by atoms with Gasteiger partial charge in [0.25, 0.3) is 0 Å². The summed E-state index contributed by atoms with van der Waals surface area (Å²) in [4.78, 5) is 0. The van der Waals surface area contributed by atoms with Crippen molar-refractivity contribution < 1.29 is 13.2 Å². The van der Waals surface area contributed by atoms with Crippen LogP contribution in [0.4, 0.5) is 0 Å². The lowest BCUT2D eigenvalue weighted by molar-refractivity contribution is 0.199. The molecule has 4 nitrogen and oxygen atoms in total. The lowest BCUT2D eigenvalue weighted by atomic mass is 10.1. The first kappa shape index (κ1) is 13.9. The highest BCUT2D eigenvalue weighted by Gasteiger charge is 2.23. The van der Waals surface area contributed by atoms with Gasteiger partial charge in [0.2, 0.25) is 0 Å². The highest BCUT2D eigenvalue weighted by molar-refractivity contribution is 7.91. The van der Waals surface area contributed by atoms with E-state index in [0.29, 0.717) is 19.7 Å². The molecule has 0 aliphatic heterocycles. The molecule has 0 rings (SSSR count). The first-order valence-electron chi connectivity index (χ1n) is 4.78. The van der Waals surface area contributed by atoms with Crippen LogP contribution in [-0.2, 0) is 14.6 Å².